The van der Waals surface area contributed by atoms with Crippen LogP contribution in [0.4, 0.5) is 0 Å². The van der Waals surface area contributed by atoms with Gasteiger partial charge in [-0.3, -0.25) is 0 Å². The molecule has 1 rings (SSSR count). The fourth-order valence-corrected chi connectivity index (χ4v) is 1.30. The third-order valence-electron chi connectivity index (χ3n) is 1.87. The molecule has 0 aliphatic carbocycles. The van der Waals surface area contributed by atoms with E-state index >= 15 is 0 Å². The van der Waals surface area contributed by atoms with Gasteiger partial charge in [0, 0.05) is 12.5 Å². The van der Waals surface area contributed by atoms with Gasteiger partial charge in [0.05, 0.1) is 12.7 Å². The molecule has 1 aromatic rings. The smallest absolute Gasteiger partial charge is 0.0720 e. The molecule has 0 heterocycles. The first-order valence-electron chi connectivity index (χ1n) is 4.99. The summed E-state index contributed by atoms with van der Waals surface area (Å²) in [7, 11) is 0. The zero-order valence-corrected chi connectivity index (χ0v) is 10.3. The van der Waals surface area contributed by atoms with Gasteiger partial charge >= 0.3 is 0 Å². The third kappa shape index (κ3) is 5.00. The van der Waals surface area contributed by atoms with Crippen molar-refractivity contribution in [1.29, 1.82) is 0 Å². The van der Waals surface area contributed by atoms with Gasteiger partial charge in [0.15, 0.2) is 0 Å². The van der Waals surface area contributed by atoms with Gasteiger partial charge in [-0.05, 0) is 36.9 Å². The molecule has 0 saturated heterocycles. The zero-order valence-electron chi connectivity index (χ0n) is 9.43. The maximum atomic E-state index is 5.51. The van der Waals surface area contributed by atoms with Gasteiger partial charge in [0.1, 0.15) is 0 Å². The van der Waals surface area contributed by atoms with Crippen LogP contribution in [0.3, 0.4) is 0 Å². The van der Waals surface area contributed by atoms with Crippen LogP contribution < -0.4 is 0 Å². The predicted molar refractivity (Wildman–Crippen MR) is 67.5 cm³/mol. The minimum atomic E-state index is 0.280. The van der Waals surface area contributed by atoms with Gasteiger partial charge in [-0.2, -0.15) is 0 Å². The van der Waals surface area contributed by atoms with Crippen molar-refractivity contribution in [3.05, 3.63) is 35.4 Å². The van der Waals surface area contributed by atoms with Crippen molar-refractivity contribution >= 4 is 18.2 Å². The largest absolute Gasteiger partial charge is 0.374 e. The Bertz CT molecular complexity index is 306. The Labute approximate surface area is 95.9 Å². The molecule has 0 bridgehead atoms. The molecule has 0 aliphatic rings. The lowest BCUT2D eigenvalue weighted by atomic mass is 10.1. The molecule has 0 radical (unpaired) electrons. The SMILES string of the molecule is CS/N=C/c1ccc(COC(C)C)cc1. The first-order chi connectivity index (χ1) is 7.22. The van der Waals surface area contributed by atoms with E-state index in [1.54, 1.807) is 0 Å². The van der Waals surface area contributed by atoms with Gasteiger partial charge in [-0.25, -0.2) is 4.40 Å². The molecule has 0 atom stereocenters. The average Bonchev–Trinajstić information content (AvgIpc) is 2.25. The normalized spacial score (nSPS) is 11.5. The van der Waals surface area contributed by atoms with Crippen molar-refractivity contribution in [3.63, 3.8) is 0 Å². The Hall–Kier alpha value is -0.800. The molecule has 0 unspecified atom stereocenters. The summed E-state index contributed by atoms with van der Waals surface area (Å²) in [6.07, 6.45) is 4.08. The van der Waals surface area contributed by atoms with Gasteiger partial charge in [0.2, 0.25) is 0 Å². The molecule has 1 aromatic carbocycles. The number of ether oxygens (including phenoxy) is 1. The molecule has 0 fully saturated rings. The van der Waals surface area contributed by atoms with Crippen molar-refractivity contribution in [1.82, 2.24) is 0 Å². The molecule has 0 spiro atoms. The average molecular weight is 223 g/mol. The lowest BCUT2D eigenvalue weighted by molar-refractivity contribution is 0.0657. The second-order valence-corrected chi connectivity index (χ2v) is 4.09. The van der Waals surface area contributed by atoms with E-state index in [9.17, 15) is 0 Å². The molecular weight excluding hydrogens is 206 g/mol. The summed E-state index contributed by atoms with van der Waals surface area (Å²) in [4.78, 5) is 0. The molecule has 2 nitrogen and oxygen atoms in total. The molecular formula is C12H17NOS. The van der Waals surface area contributed by atoms with Crippen LogP contribution in [0, 0.1) is 0 Å². The van der Waals surface area contributed by atoms with Gasteiger partial charge in [0.25, 0.3) is 0 Å². The van der Waals surface area contributed by atoms with E-state index in [4.69, 9.17) is 4.74 Å². The highest BCUT2D eigenvalue weighted by molar-refractivity contribution is 7.97. The highest BCUT2D eigenvalue weighted by atomic mass is 32.2. The summed E-state index contributed by atoms with van der Waals surface area (Å²) in [5.74, 6) is 0. The maximum absolute atomic E-state index is 5.51. The van der Waals surface area contributed by atoms with Crippen LogP contribution in [-0.2, 0) is 11.3 Å². The van der Waals surface area contributed by atoms with E-state index in [0.717, 1.165) is 5.56 Å². The second-order valence-electron chi connectivity index (χ2n) is 3.52. The Morgan fingerprint density at radius 1 is 1.33 bits per heavy atom. The summed E-state index contributed by atoms with van der Waals surface area (Å²) in [6.45, 7) is 4.76. The monoisotopic (exact) mass is 223 g/mol. The first-order valence-corrected chi connectivity index (χ1v) is 6.17. The van der Waals surface area contributed by atoms with Crippen LogP contribution in [0.5, 0.6) is 0 Å². The quantitative estimate of drug-likeness (QED) is 0.564. The Balaban J connectivity index is 2.52. The fourth-order valence-electron chi connectivity index (χ4n) is 1.08. The van der Waals surface area contributed by atoms with E-state index in [2.05, 4.69) is 28.7 Å². The topological polar surface area (TPSA) is 21.6 Å². The van der Waals surface area contributed by atoms with Crippen LogP contribution in [0.25, 0.3) is 0 Å². The van der Waals surface area contributed by atoms with Gasteiger partial charge in [-0.15, -0.1) is 0 Å². The Kier molecular flexibility index (Phi) is 5.43. The van der Waals surface area contributed by atoms with Gasteiger partial charge < -0.3 is 4.74 Å². The minimum absolute atomic E-state index is 0.280. The highest BCUT2D eigenvalue weighted by Crippen LogP contribution is 2.06. The van der Waals surface area contributed by atoms with Crippen molar-refractivity contribution in [2.75, 3.05) is 6.26 Å². The van der Waals surface area contributed by atoms with Crippen LogP contribution in [0.1, 0.15) is 25.0 Å². The van der Waals surface area contributed by atoms with E-state index in [1.807, 2.05) is 26.3 Å². The third-order valence-corrected chi connectivity index (χ3v) is 2.19. The van der Waals surface area contributed by atoms with E-state index < -0.39 is 0 Å². The van der Waals surface area contributed by atoms with Gasteiger partial charge in [-0.1, -0.05) is 24.3 Å². The number of nitrogens with zero attached hydrogens (tertiary/aromatic N) is 1. The van der Waals surface area contributed by atoms with Crippen LogP contribution >= 0.6 is 11.9 Å². The molecule has 82 valence electrons. The van der Waals surface area contributed by atoms with Crippen molar-refractivity contribution in [2.24, 2.45) is 4.40 Å². The lowest BCUT2D eigenvalue weighted by Crippen LogP contribution is -2.02. The Morgan fingerprint density at radius 3 is 2.53 bits per heavy atom. The zero-order chi connectivity index (χ0) is 11.1. The lowest BCUT2D eigenvalue weighted by Gasteiger charge is -2.07. The summed E-state index contributed by atoms with van der Waals surface area (Å²) < 4.78 is 9.62. The number of hydrogen-bond donors (Lipinski definition) is 0. The highest BCUT2D eigenvalue weighted by Gasteiger charge is 1.96. The first kappa shape index (κ1) is 12.3. The summed E-state index contributed by atoms with van der Waals surface area (Å²) in [5.41, 5.74) is 2.32. The summed E-state index contributed by atoms with van der Waals surface area (Å²) >= 11 is 1.46. The molecule has 15 heavy (non-hydrogen) atoms. The molecule has 0 amide bonds. The molecule has 0 saturated carbocycles. The number of hydrogen-bond acceptors (Lipinski definition) is 3. The standard InChI is InChI=1S/C12H17NOS/c1-10(2)14-9-12-6-4-11(5-7-12)8-13-15-3/h4-8,10H,9H2,1-3H3/b13-8+. The van der Waals surface area contributed by atoms with E-state index in [1.165, 1.54) is 17.5 Å². The van der Waals surface area contributed by atoms with Crippen LogP contribution in [-0.4, -0.2) is 18.6 Å². The number of rotatable bonds is 5. The molecule has 0 N–H and O–H groups in total. The predicted octanol–water partition coefficient (Wildman–Crippen LogP) is 3.31. The van der Waals surface area contributed by atoms with Crippen molar-refractivity contribution < 1.29 is 4.74 Å². The van der Waals surface area contributed by atoms with Crippen LogP contribution in [0.2, 0.25) is 0 Å². The van der Waals surface area contributed by atoms with E-state index in [0.29, 0.717) is 6.61 Å². The van der Waals surface area contributed by atoms with Crippen molar-refractivity contribution in [3.8, 4) is 0 Å². The second kappa shape index (κ2) is 6.64. The number of benzene rings is 1. The summed E-state index contributed by atoms with van der Waals surface area (Å²) in [6, 6.07) is 8.26. The Morgan fingerprint density at radius 2 is 2.00 bits per heavy atom. The minimum Gasteiger partial charge on any atom is -0.374 e. The summed E-state index contributed by atoms with van der Waals surface area (Å²) in [5, 5.41) is 0. The molecule has 0 aliphatic heterocycles. The van der Waals surface area contributed by atoms with Crippen molar-refractivity contribution in [2.45, 2.75) is 26.6 Å². The molecule has 3 heteroatoms. The van der Waals surface area contributed by atoms with E-state index in [-0.39, 0.29) is 6.10 Å². The maximum Gasteiger partial charge on any atom is 0.0720 e. The fraction of sp³-hybridized carbons (Fsp3) is 0.417. The van der Waals surface area contributed by atoms with Crippen LogP contribution in [0.15, 0.2) is 28.7 Å². The molecule has 0 aromatic heterocycles.